The molecule has 2 rings (SSSR count). The van der Waals surface area contributed by atoms with Crippen LogP contribution in [0.4, 0.5) is 10.2 Å². The predicted molar refractivity (Wildman–Crippen MR) is 75.1 cm³/mol. The Hall–Kier alpha value is -1.51. The predicted octanol–water partition coefficient (Wildman–Crippen LogP) is 2.28. The molecule has 0 aliphatic rings. The molecular formula is C12H10BrFN2O3S. The minimum atomic E-state index is -3.88. The number of halogens is 2. The molecule has 0 aliphatic carbocycles. The number of hydrogen-bond donors (Lipinski definition) is 2. The second-order valence-corrected chi connectivity index (χ2v) is 6.48. The molecular weight excluding hydrogens is 351 g/mol. The van der Waals surface area contributed by atoms with Gasteiger partial charge in [-0.05, 0) is 46.3 Å². The van der Waals surface area contributed by atoms with Gasteiger partial charge >= 0.3 is 0 Å². The van der Waals surface area contributed by atoms with E-state index in [-0.39, 0.29) is 16.3 Å². The molecule has 0 fully saturated rings. The molecule has 2 N–H and O–H groups in total. The highest BCUT2D eigenvalue weighted by Gasteiger charge is 2.16. The lowest BCUT2D eigenvalue weighted by Gasteiger charge is -2.08. The normalized spacial score (nSPS) is 11.3. The summed E-state index contributed by atoms with van der Waals surface area (Å²) in [5.74, 6) is -0.517. The fourth-order valence-electron chi connectivity index (χ4n) is 1.47. The number of nitrogens with zero attached hydrogens (tertiary/aromatic N) is 1. The van der Waals surface area contributed by atoms with Gasteiger partial charge in [-0.25, -0.2) is 17.8 Å². The van der Waals surface area contributed by atoms with E-state index in [0.29, 0.717) is 4.47 Å². The lowest BCUT2D eigenvalue weighted by molar-refractivity contribution is 0.275. The van der Waals surface area contributed by atoms with Crippen LogP contribution in [-0.2, 0) is 16.6 Å². The number of nitrogens with one attached hydrogen (secondary N) is 1. The number of aromatic nitrogens is 1. The quantitative estimate of drug-likeness (QED) is 0.876. The number of hydrogen-bond acceptors (Lipinski definition) is 4. The van der Waals surface area contributed by atoms with Crippen molar-refractivity contribution in [1.82, 2.24) is 4.98 Å². The highest BCUT2D eigenvalue weighted by molar-refractivity contribution is 9.10. The molecule has 0 aliphatic heterocycles. The third-order valence-electron chi connectivity index (χ3n) is 2.46. The first-order valence-electron chi connectivity index (χ1n) is 5.46. The Morgan fingerprint density at radius 3 is 2.65 bits per heavy atom. The van der Waals surface area contributed by atoms with E-state index in [2.05, 4.69) is 25.6 Å². The summed E-state index contributed by atoms with van der Waals surface area (Å²) in [6.07, 6.45) is 1.45. The van der Waals surface area contributed by atoms with E-state index in [1.165, 1.54) is 12.3 Å². The Morgan fingerprint density at radius 1 is 1.30 bits per heavy atom. The molecule has 0 saturated heterocycles. The van der Waals surface area contributed by atoms with E-state index in [9.17, 15) is 12.8 Å². The van der Waals surface area contributed by atoms with Gasteiger partial charge in [-0.2, -0.15) is 0 Å². The molecule has 8 heteroatoms. The maximum absolute atomic E-state index is 13.2. The second-order valence-electron chi connectivity index (χ2n) is 3.88. The van der Waals surface area contributed by atoms with Gasteiger partial charge in [-0.3, -0.25) is 4.72 Å². The molecule has 0 atom stereocenters. The molecule has 0 radical (unpaired) electrons. The number of aliphatic hydroxyl groups excluding tert-OH is 1. The monoisotopic (exact) mass is 360 g/mol. The number of rotatable bonds is 4. The molecule has 2 aromatic rings. The molecule has 1 heterocycles. The smallest absolute Gasteiger partial charge is 0.263 e. The van der Waals surface area contributed by atoms with E-state index < -0.39 is 22.4 Å². The Labute approximate surface area is 123 Å². The number of anilines is 1. The first-order valence-corrected chi connectivity index (χ1v) is 7.73. The van der Waals surface area contributed by atoms with Crippen LogP contribution in [-0.4, -0.2) is 18.5 Å². The first kappa shape index (κ1) is 14.9. The van der Waals surface area contributed by atoms with Crippen LogP contribution in [0.5, 0.6) is 0 Å². The minimum absolute atomic E-state index is 0.0864. The molecule has 106 valence electrons. The zero-order chi connectivity index (χ0) is 14.8. The summed E-state index contributed by atoms with van der Waals surface area (Å²) in [5, 5.41) is 8.96. The fourth-order valence-corrected chi connectivity index (χ4v) is 2.77. The summed E-state index contributed by atoms with van der Waals surface area (Å²) >= 11 is 3.19. The SMILES string of the molecule is O=S(=O)(Nc1ccc(Br)cn1)c1ccc(F)c(CO)c1. The number of aliphatic hydroxyl groups is 1. The van der Waals surface area contributed by atoms with Crippen molar-refractivity contribution in [3.05, 3.63) is 52.4 Å². The molecule has 1 aromatic heterocycles. The summed E-state index contributed by atoms with van der Waals surface area (Å²) < 4.78 is 40.4. The first-order chi connectivity index (χ1) is 9.42. The summed E-state index contributed by atoms with van der Waals surface area (Å²) in [6.45, 7) is -0.578. The van der Waals surface area contributed by atoms with Crippen LogP contribution in [0.15, 0.2) is 45.9 Å². The fraction of sp³-hybridized carbons (Fsp3) is 0.0833. The zero-order valence-corrected chi connectivity index (χ0v) is 12.4. The van der Waals surface area contributed by atoms with E-state index in [4.69, 9.17) is 5.11 Å². The Morgan fingerprint density at radius 2 is 2.05 bits per heavy atom. The van der Waals surface area contributed by atoms with Gasteiger partial charge in [0.2, 0.25) is 0 Å². The van der Waals surface area contributed by atoms with Gasteiger partial charge < -0.3 is 5.11 Å². The lowest BCUT2D eigenvalue weighted by atomic mass is 10.2. The van der Waals surface area contributed by atoms with E-state index >= 15 is 0 Å². The average Bonchev–Trinajstić information content (AvgIpc) is 2.41. The third-order valence-corrected chi connectivity index (χ3v) is 4.29. The summed E-state index contributed by atoms with van der Waals surface area (Å²) in [4.78, 5) is 3.74. The summed E-state index contributed by atoms with van der Waals surface area (Å²) in [7, 11) is -3.88. The highest BCUT2D eigenvalue weighted by Crippen LogP contribution is 2.19. The van der Waals surface area contributed by atoms with Crippen LogP contribution in [0.1, 0.15) is 5.56 Å². The average molecular weight is 361 g/mol. The summed E-state index contributed by atoms with van der Waals surface area (Å²) in [6, 6.07) is 6.31. The third kappa shape index (κ3) is 3.33. The maximum Gasteiger partial charge on any atom is 0.263 e. The van der Waals surface area contributed by atoms with Crippen LogP contribution < -0.4 is 4.72 Å². The van der Waals surface area contributed by atoms with Crippen molar-refractivity contribution in [2.45, 2.75) is 11.5 Å². The second kappa shape index (κ2) is 5.86. The topological polar surface area (TPSA) is 79.3 Å². The standard InChI is InChI=1S/C12H10BrFN2O3S/c13-9-1-4-12(15-6-9)16-20(18,19)10-2-3-11(14)8(5-10)7-17/h1-6,17H,7H2,(H,15,16). The maximum atomic E-state index is 13.2. The lowest BCUT2D eigenvalue weighted by Crippen LogP contribution is -2.14. The zero-order valence-electron chi connectivity index (χ0n) is 10.0. The molecule has 0 amide bonds. The van der Waals surface area contributed by atoms with Crippen molar-refractivity contribution < 1.29 is 17.9 Å². The Balaban J connectivity index is 2.33. The Kier molecular flexibility index (Phi) is 4.36. The largest absolute Gasteiger partial charge is 0.392 e. The van der Waals surface area contributed by atoms with Crippen molar-refractivity contribution in [3.63, 3.8) is 0 Å². The molecule has 0 saturated carbocycles. The highest BCUT2D eigenvalue weighted by atomic mass is 79.9. The van der Waals surface area contributed by atoms with Gasteiger partial charge in [0, 0.05) is 16.2 Å². The molecule has 0 spiro atoms. The van der Waals surface area contributed by atoms with Crippen molar-refractivity contribution in [2.24, 2.45) is 0 Å². The minimum Gasteiger partial charge on any atom is -0.392 e. The Bertz CT molecular complexity index is 720. The van der Waals surface area contributed by atoms with Gasteiger partial charge in [0.1, 0.15) is 11.6 Å². The van der Waals surface area contributed by atoms with Crippen LogP contribution >= 0.6 is 15.9 Å². The molecule has 20 heavy (non-hydrogen) atoms. The van der Waals surface area contributed by atoms with Crippen LogP contribution in [0.2, 0.25) is 0 Å². The van der Waals surface area contributed by atoms with Gasteiger partial charge in [0.15, 0.2) is 0 Å². The van der Waals surface area contributed by atoms with Crippen LogP contribution in [0.25, 0.3) is 0 Å². The van der Waals surface area contributed by atoms with E-state index in [1.54, 1.807) is 6.07 Å². The summed E-state index contributed by atoms with van der Waals surface area (Å²) in [5.41, 5.74) is -0.0864. The van der Waals surface area contributed by atoms with Gasteiger partial charge in [0.25, 0.3) is 10.0 Å². The number of pyridine rings is 1. The van der Waals surface area contributed by atoms with E-state index in [1.807, 2.05) is 0 Å². The molecule has 0 unspecified atom stereocenters. The molecule has 0 bridgehead atoms. The number of benzene rings is 1. The van der Waals surface area contributed by atoms with Gasteiger partial charge in [-0.1, -0.05) is 0 Å². The molecule has 1 aromatic carbocycles. The van der Waals surface area contributed by atoms with Crippen molar-refractivity contribution >= 4 is 31.8 Å². The number of sulfonamides is 1. The van der Waals surface area contributed by atoms with E-state index in [0.717, 1.165) is 18.2 Å². The van der Waals surface area contributed by atoms with Crippen LogP contribution in [0, 0.1) is 5.82 Å². The molecule has 5 nitrogen and oxygen atoms in total. The van der Waals surface area contributed by atoms with Crippen LogP contribution in [0.3, 0.4) is 0 Å². The van der Waals surface area contributed by atoms with Crippen molar-refractivity contribution in [1.29, 1.82) is 0 Å². The van der Waals surface area contributed by atoms with Gasteiger partial charge in [-0.15, -0.1) is 0 Å². The van der Waals surface area contributed by atoms with Gasteiger partial charge in [0.05, 0.1) is 11.5 Å². The van der Waals surface area contributed by atoms with Crippen molar-refractivity contribution in [3.8, 4) is 0 Å². The van der Waals surface area contributed by atoms with Crippen molar-refractivity contribution in [2.75, 3.05) is 4.72 Å².